The van der Waals surface area contributed by atoms with Gasteiger partial charge in [-0.25, -0.2) is 0 Å². The fourth-order valence-corrected chi connectivity index (χ4v) is 2.15. The molecule has 1 N–H and O–H groups in total. The molecule has 0 heterocycles. The number of carboxylic acid groups (broad SMARTS) is 1. The minimum absolute atomic E-state index is 0.208. The Labute approximate surface area is 95.8 Å². The largest absolute Gasteiger partial charge is 0.481 e. The van der Waals surface area contributed by atoms with E-state index in [1.807, 2.05) is 19.1 Å². The highest BCUT2D eigenvalue weighted by Gasteiger charge is 2.00. The summed E-state index contributed by atoms with van der Waals surface area (Å²) in [5.41, 5.74) is 1.17. The summed E-state index contributed by atoms with van der Waals surface area (Å²) in [7, 11) is 0. The summed E-state index contributed by atoms with van der Waals surface area (Å²) in [5, 5.41) is 8.47. The molecule has 0 radical (unpaired) electrons. The lowest BCUT2D eigenvalue weighted by atomic mass is 10.2. The molecule has 0 aliphatic carbocycles. The van der Waals surface area contributed by atoms with Crippen molar-refractivity contribution >= 4 is 33.7 Å². The van der Waals surface area contributed by atoms with Gasteiger partial charge >= 0.3 is 5.97 Å². The lowest BCUT2D eigenvalue weighted by Crippen LogP contribution is -1.95. The van der Waals surface area contributed by atoms with Crippen molar-refractivity contribution < 1.29 is 9.90 Å². The van der Waals surface area contributed by atoms with Crippen LogP contribution in [0, 0.1) is 6.92 Å². The molecule has 2 nitrogen and oxygen atoms in total. The molecule has 0 saturated heterocycles. The van der Waals surface area contributed by atoms with Crippen molar-refractivity contribution in [2.75, 3.05) is 5.75 Å². The second-order valence-electron chi connectivity index (χ2n) is 2.90. The van der Waals surface area contributed by atoms with Crippen LogP contribution >= 0.6 is 27.7 Å². The van der Waals surface area contributed by atoms with E-state index in [4.69, 9.17) is 5.11 Å². The van der Waals surface area contributed by atoms with E-state index in [9.17, 15) is 4.79 Å². The molecule has 0 bridgehead atoms. The van der Waals surface area contributed by atoms with Gasteiger partial charge in [-0.1, -0.05) is 15.9 Å². The number of rotatable bonds is 4. The van der Waals surface area contributed by atoms with E-state index < -0.39 is 5.97 Å². The Morgan fingerprint density at radius 2 is 2.29 bits per heavy atom. The molecule has 0 spiro atoms. The van der Waals surface area contributed by atoms with Crippen LogP contribution in [-0.4, -0.2) is 16.8 Å². The lowest BCUT2D eigenvalue weighted by molar-refractivity contribution is -0.136. The van der Waals surface area contributed by atoms with Crippen molar-refractivity contribution in [1.29, 1.82) is 0 Å². The maximum absolute atomic E-state index is 10.3. The number of aliphatic carboxylic acids is 1. The molecule has 1 rings (SSSR count). The Hall–Kier alpha value is -0.480. The summed E-state index contributed by atoms with van der Waals surface area (Å²) < 4.78 is 1.08. The maximum atomic E-state index is 10.3. The summed E-state index contributed by atoms with van der Waals surface area (Å²) in [5.74, 6) is -0.123. The van der Waals surface area contributed by atoms with Gasteiger partial charge in [-0.15, -0.1) is 11.8 Å². The number of hydrogen-bond acceptors (Lipinski definition) is 2. The Balaban J connectivity index is 2.51. The second kappa shape index (κ2) is 5.41. The van der Waals surface area contributed by atoms with Gasteiger partial charge in [-0.05, 0) is 30.7 Å². The van der Waals surface area contributed by atoms with E-state index in [1.165, 1.54) is 5.56 Å². The Bertz CT molecular complexity index is 339. The molecule has 0 unspecified atom stereocenters. The van der Waals surface area contributed by atoms with Crippen LogP contribution in [0.4, 0.5) is 0 Å². The van der Waals surface area contributed by atoms with Crippen molar-refractivity contribution in [1.82, 2.24) is 0 Å². The van der Waals surface area contributed by atoms with Crippen LogP contribution in [0.25, 0.3) is 0 Å². The monoisotopic (exact) mass is 274 g/mol. The van der Waals surface area contributed by atoms with Gasteiger partial charge < -0.3 is 5.11 Å². The Morgan fingerprint density at radius 1 is 1.57 bits per heavy atom. The van der Waals surface area contributed by atoms with E-state index in [0.717, 1.165) is 9.37 Å². The highest BCUT2D eigenvalue weighted by Crippen LogP contribution is 2.24. The van der Waals surface area contributed by atoms with Crippen LogP contribution < -0.4 is 0 Å². The third kappa shape index (κ3) is 3.72. The number of hydrogen-bond donors (Lipinski definition) is 1. The van der Waals surface area contributed by atoms with Crippen LogP contribution in [0.5, 0.6) is 0 Å². The highest BCUT2D eigenvalue weighted by molar-refractivity contribution is 9.10. The fourth-order valence-electron chi connectivity index (χ4n) is 0.963. The van der Waals surface area contributed by atoms with Crippen LogP contribution in [0.3, 0.4) is 0 Å². The molecule has 0 aliphatic rings. The average Bonchev–Trinajstić information content (AvgIpc) is 2.10. The number of carbonyl (C=O) groups is 1. The van der Waals surface area contributed by atoms with E-state index in [-0.39, 0.29) is 6.42 Å². The summed E-state index contributed by atoms with van der Waals surface area (Å²) in [6.45, 7) is 2.02. The lowest BCUT2D eigenvalue weighted by Gasteiger charge is -2.02. The standard InChI is InChI=1S/C10H11BrO2S/c1-7-6-8(2-3-9(7)11)14-5-4-10(12)13/h2-3,6H,4-5H2,1H3,(H,12,13). The summed E-state index contributed by atoms with van der Waals surface area (Å²) in [6.07, 6.45) is 0.208. The molecule has 0 saturated carbocycles. The number of benzene rings is 1. The normalized spacial score (nSPS) is 10.1. The first-order valence-corrected chi connectivity index (χ1v) is 5.98. The predicted molar refractivity (Wildman–Crippen MR) is 61.9 cm³/mol. The molecular formula is C10H11BrO2S. The number of thioether (sulfide) groups is 1. The van der Waals surface area contributed by atoms with Crippen LogP contribution in [0.2, 0.25) is 0 Å². The van der Waals surface area contributed by atoms with Crippen LogP contribution in [0.1, 0.15) is 12.0 Å². The molecule has 0 amide bonds. The van der Waals surface area contributed by atoms with Gasteiger partial charge in [-0.3, -0.25) is 4.79 Å². The molecule has 14 heavy (non-hydrogen) atoms. The van der Waals surface area contributed by atoms with Gasteiger partial charge in [0.2, 0.25) is 0 Å². The van der Waals surface area contributed by atoms with Crippen molar-refractivity contribution in [3.05, 3.63) is 28.2 Å². The SMILES string of the molecule is Cc1cc(SCCC(=O)O)ccc1Br. The van der Waals surface area contributed by atoms with Gasteiger partial charge in [-0.2, -0.15) is 0 Å². The maximum Gasteiger partial charge on any atom is 0.304 e. The number of aryl methyl sites for hydroxylation is 1. The predicted octanol–water partition coefficient (Wildman–Crippen LogP) is 3.32. The van der Waals surface area contributed by atoms with E-state index in [1.54, 1.807) is 11.8 Å². The molecular weight excluding hydrogens is 264 g/mol. The van der Waals surface area contributed by atoms with Crippen LogP contribution in [-0.2, 0) is 4.79 Å². The van der Waals surface area contributed by atoms with Crippen molar-refractivity contribution in [2.45, 2.75) is 18.2 Å². The summed E-state index contributed by atoms with van der Waals surface area (Å²) in [4.78, 5) is 11.4. The molecule has 0 fully saturated rings. The van der Waals surface area contributed by atoms with Gasteiger partial charge in [0.25, 0.3) is 0 Å². The quantitative estimate of drug-likeness (QED) is 0.856. The smallest absolute Gasteiger partial charge is 0.304 e. The van der Waals surface area contributed by atoms with Crippen molar-refractivity contribution in [3.63, 3.8) is 0 Å². The zero-order chi connectivity index (χ0) is 10.6. The third-order valence-electron chi connectivity index (χ3n) is 1.71. The molecule has 0 aromatic heterocycles. The summed E-state index contributed by atoms with van der Waals surface area (Å²) in [6, 6.07) is 6.03. The minimum atomic E-state index is -0.744. The van der Waals surface area contributed by atoms with Gasteiger partial charge in [0.15, 0.2) is 0 Å². The van der Waals surface area contributed by atoms with Crippen LogP contribution in [0.15, 0.2) is 27.6 Å². The first-order chi connectivity index (χ1) is 6.59. The van der Waals surface area contributed by atoms with E-state index in [2.05, 4.69) is 22.0 Å². The highest BCUT2D eigenvalue weighted by atomic mass is 79.9. The first kappa shape index (κ1) is 11.6. The van der Waals surface area contributed by atoms with Gasteiger partial charge in [0, 0.05) is 15.1 Å². The van der Waals surface area contributed by atoms with E-state index >= 15 is 0 Å². The summed E-state index contributed by atoms with van der Waals surface area (Å²) >= 11 is 4.99. The molecule has 1 aromatic rings. The second-order valence-corrected chi connectivity index (χ2v) is 4.93. The Kier molecular flexibility index (Phi) is 4.48. The zero-order valence-electron chi connectivity index (χ0n) is 7.79. The minimum Gasteiger partial charge on any atom is -0.481 e. The molecule has 0 atom stereocenters. The van der Waals surface area contributed by atoms with E-state index in [0.29, 0.717) is 5.75 Å². The molecule has 4 heteroatoms. The topological polar surface area (TPSA) is 37.3 Å². The average molecular weight is 275 g/mol. The molecule has 0 aliphatic heterocycles. The molecule has 76 valence electrons. The zero-order valence-corrected chi connectivity index (χ0v) is 10.2. The van der Waals surface area contributed by atoms with Crippen molar-refractivity contribution in [2.24, 2.45) is 0 Å². The first-order valence-electron chi connectivity index (χ1n) is 4.20. The third-order valence-corrected chi connectivity index (χ3v) is 3.60. The molecule has 1 aromatic carbocycles. The fraction of sp³-hybridized carbons (Fsp3) is 0.300. The number of halogens is 1. The number of carboxylic acids is 1. The van der Waals surface area contributed by atoms with Gasteiger partial charge in [0.05, 0.1) is 6.42 Å². The van der Waals surface area contributed by atoms with Crippen molar-refractivity contribution in [3.8, 4) is 0 Å². The Morgan fingerprint density at radius 3 is 2.86 bits per heavy atom. The van der Waals surface area contributed by atoms with Gasteiger partial charge in [0.1, 0.15) is 0 Å².